The van der Waals surface area contributed by atoms with Crippen LogP contribution in [0.2, 0.25) is 0 Å². The van der Waals surface area contributed by atoms with E-state index in [1.165, 1.54) is 12.8 Å². The van der Waals surface area contributed by atoms with Crippen molar-refractivity contribution in [3.8, 4) is 0 Å². The molecule has 0 saturated carbocycles. The van der Waals surface area contributed by atoms with Gasteiger partial charge in [-0.15, -0.1) is 6.58 Å². The monoisotopic (exact) mass is 290 g/mol. The summed E-state index contributed by atoms with van der Waals surface area (Å²) < 4.78 is 5.93. The first-order valence-corrected chi connectivity index (χ1v) is 7.94. The smallest absolute Gasteiger partial charge is 0.234 e. The Morgan fingerprint density at radius 3 is 3.05 bits per heavy atom. The Morgan fingerprint density at radius 1 is 1.48 bits per heavy atom. The Bertz CT molecular complexity index is 467. The van der Waals surface area contributed by atoms with Gasteiger partial charge in [0.15, 0.2) is 0 Å². The number of carbonyl (C=O) groups excluding carboxylic acids is 1. The van der Waals surface area contributed by atoms with Crippen molar-refractivity contribution in [2.45, 2.75) is 45.1 Å². The van der Waals surface area contributed by atoms with Crippen LogP contribution in [-0.2, 0) is 11.2 Å². The minimum absolute atomic E-state index is 0.0593. The lowest BCUT2D eigenvalue weighted by atomic mass is 10.1. The molecular formula is C17H26N2O2. The molecule has 0 aromatic carbocycles. The summed E-state index contributed by atoms with van der Waals surface area (Å²) >= 11 is 0. The van der Waals surface area contributed by atoms with Crippen LogP contribution >= 0.6 is 0 Å². The van der Waals surface area contributed by atoms with E-state index >= 15 is 0 Å². The lowest BCUT2D eigenvalue weighted by Gasteiger charge is -2.27. The van der Waals surface area contributed by atoms with E-state index in [0.29, 0.717) is 13.1 Å². The molecule has 1 saturated heterocycles. The maximum absolute atomic E-state index is 12.0. The first kappa shape index (κ1) is 15.8. The highest BCUT2D eigenvalue weighted by molar-refractivity contribution is 5.78. The van der Waals surface area contributed by atoms with Crippen LogP contribution in [0.15, 0.2) is 29.2 Å². The molecule has 0 aliphatic carbocycles. The highest BCUT2D eigenvalue weighted by atomic mass is 16.3. The molecule has 4 nitrogen and oxygen atoms in total. The van der Waals surface area contributed by atoms with Gasteiger partial charge >= 0.3 is 0 Å². The molecule has 4 heteroatoms. The maximum atomic E-state index is 12.0. The number of nitrogens with one attached hydrogen (secondary N) is 1. The third-order valence-electron chi connectivity index (χ3n) is 4.01. The lowest BCUT2D eigenvalue weighted by Crippen LogP contribution is -2.39. The van der Waals surface area contributed by atoms with Crippen molar-refractivity contribution >= 4 is 5.91 Å². The Kier molecular flexibility index (Phi) is 6.05. The van der Waals surface area contributed by atoms with Crippen LogP contribution in [0.3, 0.4) is 0 Å². The summed E-state index contributed by atoms with van der Waals surface area (Å²) in [5.74, 6) is 2.08. The van der Waals surface area contributed by atoms with E-state index in [-0.39, 0.29) is 11.9 Å². The van der Waals surface area contributed by atoms with Gasteiger partial charge in [0.05, 0.1) is 12.6 Å². The molecule has 1 aliphatic heterocycles. The normalized spacial score (nSPS) is 20.0. The molecule has 21 heavy (non-hydrogen) atoms. The molecule has 0 bridgehead atoms. The lowest BCUT2D eigenvalue weighted by molar-refractivity contribution is -0.122. The number of aryl methyl sites for hydroxylation is 1. The molecule has 1 aromatic rings. The molecule has 1 amide bonds. The van der Waals surface area contributed by atoms with Gasteiger partial charge in [-0.3, -0.25) is 9.69 Å². The van der Waals surface area contributed by atoms with Crippen LogP contribution in [0.4, 0.5) is 0 Å². The molecule has 1 N–H and O–H groups in total. The summed E-state index contributed by atoms with van der Waals surface area (Å²) in [4.78, 5) is 14.2. The minimum Gasteiger partial charge on any atom is -0.464 e. The number of likely N-dealkylation sites (tertiary alicyclic amines) is 1. The highest BCUT2D eigenvalue weighted by Crippen LogP contribution is 2.31. The van der Waals surface area contributed by atoms with Crippen LogP contribution in [0, 0.1) is 0 Å². The van der Waals surface area contributed by atoms with Gasteiger partial charge in [-0.05, 0) is 31.5 Å². The van der Waals surface area contributed by atoms with Gasteiger partial charge in [0, 0.05) is 13.0 Å². The van der Waals surface area contributed by atoms with Gasteiger partial charge in [0.25, 0.3) is 0 Å². The van der Waals surface area contributed by atoms with Gasteiger partial charge in [-0.1, -0.05) is 25.8 Å². The van der Waals surface area contributed by atoms with E-state index in [2.05, 4.69) is 35.9 Å². The fourth-order valence-corrected chi connectivity index (χ4v) is 2.87. The number of amides is 1. The van der Waals surface area contributed by atoms with Crippen molar-refractivity contribution in [1.29, 1.82) is 0 Å². The van der Waals surface area contributed by atoms with Gasteiger partial charge in [0.2, 0.25) is 5.91 Å². The Hall–Kier alpha value is -1.55. The molecule has 2 heterocycles. The number of hydrogen-bond donors (Lipinski definition) is 1. The fourth-order valence-electron chi connectivity index (χ4n) is 2.87. The predicted octanol–water partition coefficient (Wildman–Crippen LogP) is 3.06. The largest absolute Gasteiger partial charge is 0.464 e. The van der Waals surface area contributed by atoms with E-state index < -0.39 is 0 Å². The zero-order valence-electron chi connectivity index (χ0n) is 12.9. The van der Waals surface area contributed by atoms with Crippen molar-refractivity contribution in [3.05, 3.63) is 36.3 Å². The van der Waals surface area contributed by atoms with Gasteiger partial charge in [0.1, 0.15) is 11.5 Å². The second-order valence-corrected chi connectivity index (χ2v) is 5.59. The molecule has 1 aromatic heterocycles. The summed E-state index contributed by atoms with van der Waals surface area (Å²) in [6.07, 6.45) is 7.24. The molecule has 1 aliphatic rings. The predicted molar refractivity (Wildman–Crippen MR) is 84.1 cm³/mol. The van der Waals surface area contributed by atoms with Gasteiger partial charge in [-0.2, -0.15) is 0 Å². The topological polar surface area (TPSA) is 45.5 Å². The molecule has 0 radical (unpaired) electrons. The van der Waals surface area contributed by atoms with E-state index in [1.807, 2.05) is 0 Å². The van der Waals surface area contributed by atoms with Gasteiger partial charge in [-0.25, -0.2) is 0 Å². The zero-order valence-corrected chi connectivity index (χ0v) is 12.9. The van der Waals surface area contributed by atoms with Crippen molar-refractivity contribution in [2.24, 2.45) is 0 Å². The Morgan fingerprint density at radius 2 is 2.33 bits per heavy atom. The summed E-state index contributed by atoms with van der Waals surface area (Å²) in [5, 5.41) is 2.86. The van der Waals surface area contributed by atoms with Crippen LogP contribution < -0.4 is 5.32 Å². The number of rotatable bonds is 6. The van der Waals surface area contributed by atoms with Crippen LogP contribution in [0.5, 0.6) is 0 Å². The molecule has 1 atom stereocenters. The second kappa shape index (κ2) is 8.03. The molecule has 1 unspecified atom stereocenters. The molecule has 1 fully saturated rings. The molecular weight excluding hydrogens is 264 g/mol. The summed E-state index contributed by atoms with van der Waals surface area (Å²) in [6.45, 7) is 7.63. The summed E-state index contributed by atoms with van der Waals surface area (Å²) in [6, 6.07) is 4.35. The quantitative estimate of drug-likeness (QED) is 0.819. The van der Waals surface area contributed by atoms with Crippen molar-refractivity contribution in [2.75, 3.05) is 19.6 Å². The van der Waals surface area contributed by atoms with Gasteiger partial charge < -0.3 is 9.73 Å². The van der Waals surface area contributed by atoms with E-state index in [1.54, 1.807) is 6.08 Å². The van der Waals surface area contributed by atoms with Crippen LogP contribution in [0.25, 0.3) is 0 Å². The number of furan rings is 1. The molecule has 0 spiro atoms. The second-order valence-electron chi connectivity index (χ2n) is 5.59. The van der Waals surface area contributed by atoms with Crippen LogP contribution in [-0.4, -0.2) is 30.4 Å². The summed E-state index contributed by atoms with van der Waals surface area (Å²) in [5.41, 5.74) is 0. The fraction of sp³-hybridized carbons (Fsp3) is 0.588. The van der Waals surface area contributed by atoms with Crippen molar-refractivity contribution in [3.63, 3.8) is 0 Å². The number of nitrogens with zero attached hydrogens (tertiary/aromatic N) is 1. The highest BCUT2D eigenvalue weighted by Gasteiger charge is 2.26. The number of carbonyl (C=O) groups is 1. The Balaban J connectivity index is 2.06. The van der Waals surface area contributed by atoms with Crippen molar-refractivity contribution in [1.82, 2.24) is 10.2 Å². The standard InChI is InChI=1S/C17H26N2O2/c1-3-11-18-17(20)13-19-12-7-5-6-8-15(19)16-10-9-14(4-2)21-16/h3,9-10,15H,1,4-8,11-13H2,2H3,(H,18,20). The Labute approximate surface area is 127 Å². The first-order valence-electron chi connectivity index (χ1n) is 7.94. The third-order valence-corrected chi connectivity index (χ3v) is 4.01. The van der Waals surface area contributed by atoms with E-state index in [0.717, 1.165) is 37.3 Å². The van der Waals surface area contributed by atoms with E-state index in [9.17, 15) is 4.79 Å². The molecule has 2 rings (SSSR count). The average molecular weight is 290 g/mol. The molecule has 116 valence electrons. The minimum atomic E-state index is 0.0593. The maximum Gasteiger partial charge on any atom is 0.234 e. The zero-order chi connectivity index (χ0) is 15.1. The number of hydrogen-bond acceptors (Lipinski definition) is 3. The first-order chi connectivity index (χ1) is 10.2. The van der Waals surface area contributed by atoms with Crippen LogP contribution in [0.1, 0.15) is 50.2 Å². The third kappa shape index (κ3) is 4.46. The van der Waals surface area contributed by atoms with Crippen molar-refractivity contribution < 1.29 is 9.21 Å². The average Bonchev–Trinajstić information content (AvgIpc) is 2.85. The van der Waals surface area contributed by atoms with E-state index in [4.69, 9.17) is 4.42 Å². The SMILES string of the molecule is C=CCNC(=O)CN1CCCCCC1c1ccc(CC)o1. The summed E-state index contributed by atoms with van der Waals surface area (Å²) in [7, 11) is 0.